The van der Waals surface area contributed by atoms with Gasteiger partial charge in [-0.1, -0.05) is 19.1 Å². The molecule has 0 aromatic heterocycles. The van der Waals surface area contributed by atoms with Crippen molar-refractivity contribution in [3.63, 3.8) is 0 Å². The molecule has 0 spiro atoms. The maximum atomic E-state index is 12.2. The number of carbonyl (C=O) groups excluding carboxylic acids is 1. The van der Waals surface area contributed by atoms with Gasteiger partial charge in [0.25, 0.3) is 5.91 Å². The first-order valence-electron chi connectivity index (χ1n) is 6.19. The summed E-state index contributed by atoms with van der Waals surface area (Å²) in [4.78, 5) is 14.1. The van der Waals surface area contributed by atoms with Crippen molar-refractivity contribution in [3.05, 3.63) is 35.9 Å². The molecule has 1 aliphatic heterocycles. The van der Waals surface area contributed by atoms with Gasteiger partial charge < -0.3 is 10.6 Å². The molecule has 1 heterocycles. The molecule has 3 nitrogen and oxygen atoms in total. The molecule has 0 aliphatic carbocycles. The van der Waals surface area contributed by atoms with Gasteiger partial charge in [0.1, 0.15) is 0 Å². The van der Waals surface area contributed by atoms with Crippen LogP contribution in [0.2, 0.25) is 0 Å². The molecular weight excluding hydrogens is 212 g/mol. The summed E-state index contributed by atoms with van der Waals surface area (Å²) in [6.45, 7) is 3.65. The molecule has 91 valence electrons. The summed E-state index contributed by atoms with van der Waals surface area (Å²) in [7, 11) is 0. The molecule has 0 unspecified atom stereocenters. The van der Waals surface area contributed by atoms with E-state index in [4.69, 9.17) is 5.73 Å². The Morgan fingerprint density at radius 3 is 2.53 bits per heavy atom. The monoisotopic (exact) mass is 231 g/mol. The number of piperidine rings is 1. The van der Waals surface area contributed by atoms with Crippen LogP contribution in [0, 0.1) is 6.07 Å². The van der Waals surface area contributed by atoms with Crippen molar-refractivity contribution in [3.8, 4) is 0 Å². The smallest absolute Gasteiger partial charge is 0.253 e. The summed E-state index contributed by atoms with van der Waals surface area (Å²) in [5, 5.41) is 0. The molecule has 1 radical (unpaired) electrons. The lowest BCUT2D eigenvalue weighted by Gasteiger charge is -2.38. The lowest BCUT2D eigenvalue weighted by molar-refractivity contribution is 0.0668. The van der Waals surface area contributed by atoms with Crippen molar-refractivity contribution < 1.29 is 4.79 Å². The number of hydrogen-bond donors (Lipinski definition) is 1. The Balaban J connectivity index is 2.00. The number of benzene rings is 1. The van der Waals surface area contributed by atoms with Gasteiger partial charge >= 0.3 is 0 Å². The van der Waals surface area contributed by atoms with Gasteiger partial charge in [0.05, 0.1) is 0 Å². The van der Waals surface area contributed by atoms with Crippen LogP contribution in [0.25, 0.3) is 0 Å². The zero-order valence-electron chi connectivity index (χ0n) is 10.3. The van der Waals surface area contributed by atoms with Crippen LogP contribution in [-0.4, -0.2) is 29.4 Å². The number of amides is 1. The first-order chi connectivity index (χ1) is 8.14. The highest BCUT2D eigenvalue weighted by molar-refractivity contribution is 5.94. The van der Waals surface area contributed by atoms with E-state index in [0.29, 0.717) is 0 Å². The van der Waals surface area contributed by atoms with E-state index in [9.17, 15) is 4.79 Å². The van der Waals surface area contributed by atoms with Crippen molar-refractivity contribution in [1.29, 1.82) is 0 Å². The molecule has 1 amide bonds. The Labute approximate surface area is 103 Å². The molecule has 2 rings (SSSR count). The van der Waals surface area contributed by atoms with Crippen molar-refractivity contribution >= 4 is 5.91 Å². The van der Waals surface area contributed by atoms with Gasteiger partial charge in [-0.05, 0) is 37.5 Å². The second-order valence-electron chi connectivity index (χ2n) is 4.80. The van der Waals surface area contributed by atoms with Crippen LogP contribution >= 0.6 is 0 Å². The Hall–Kier alpha value is -1.35. The number of nitrogens with zero attached hydrogens (tertiary/aromatic N) is 1. The highest BCUT2D eigenvalue weighted by Gasteiger charge is 2.30. The van der Waals surface area contributed by atoms with Crippen molar-refractivity contribution in [2.24, 2.45) is 5.73 Å². The summed E-state index contributed by atoms with van der Waals surface area (Å²) < 4.78 is 0. The van der Waals surface area contributed by atoms with E-state index in [-0.39, 0.29) is 11.4 Å². The third kappa shape index (κ3) is 2.67. The molecule has 3 heteroatoms. The van der Waals surface area contributed by atoms with Crippen molar-refractivity contribution in [1.82, 2.24) is 4.90 Å². The largest absolute Gasteiger partial charge is 0.339 e. The Bertz CT molecular complexity index is 380. The van der Waals surface area contributed by atoms with Crippen LogP contribution in [0.15, 0.2) is 24.3 Å². The average Bonchev–Trinajstić information content (AvgIpc) is 2.40. The first-order valence-corrected chi connectivity index (χ1v) is 6.19. The average molecular weight is 231 g/mol. The number of rotatable bonds is 2. The van der Waals surface area contributed by atoms with Crippen LogP contribution in [0.3, 0.4) is 0 Å². The van der Waals surface area contributed by atoms with Gasteiger partial charge in [0.2, 0.25) is 0 Å². The molecule has 1 aliphatic rings. The van der Waals surface area contributed by atoms with Gasteiger partial charge in [-0.25, -0.2) is 0 Å². The Kier molecular flexibility index (Phi) is 3.48. The van der Waals surface area contributed by atoms with Crippen LogP contribution in [0.5, 0.6) is 0 Å². The fourth-order valence-electron chi connectivity index (χ4n) is 2.22. The lowest BCUT2D eigenvalue weighted by atomic mass is 9.86. The predicted octanol–water partition coefficient (Wildman–Crippen LogP) is 1.83. The molecular formula is C14H19N2O. The number of nitrogens with two attached hydrogens (primary N) is 1. The molecule has 0 bridgehead atoms. The van der Waals surface area contributed by atoms with E-state index in [0.717, 1.165) is 37.9 Å². The van der Waals surface area contributed by atoms with Crippen LogP contribution in [0.4, 0.5) is 0 Å². The van der Waals surface area contributed by atoms with Gasteiger partial charge in [-0.3, -0.25) is 4.79 Å². The van der Waals surface area contributed by atoms with Crippen molar-refractivity contribution in [2.75, 3.05) is 13.1 Å². The molecule has 0 saturated carbocycles. The Morgan fingerprint density at radius 2 is 2.00 bits per heavy atom. The highest BCUT2D eigenvalue weighted by atomic mass is 16.2. The van der Waals surface area contributed by atoms with Gasteiger partial charge in [-0.2, -0.15) is 0 Å². The van der Waals surface area contributed by atoms with E-state index in [1.165, 1.54) is 0 Å². The van der Waals surface area contributed by atoms with Crippen LogP contribution in [-0.2, 0) is 0 Å². The summed E-state index contributed by atoms with van der Waals surface area (Å²) in [5.74, 6) is 0.108. The molecule has 2 N–H and O–H groups in total. The fourth-order valence-corrected chi connectivity index (χ4v) is 2.22. The van der Waals surface area contributed by atoms with E-state index in [1.807, 2.05) is 17.0 Å². The minimum atomic E-state index is -0.0682. The zero-order valence-corrected chi connectivity index (χ0v) is 10.3. The highest BCUT2D eigenvalue weighted by Crippen LogP contribution is 2.23. The second kappa shape index (κ2) is 4.88. The standard InChI is InChI=1S/C14H19N2O/c1-2-14(15)8-10-16(11-9-14)13(17)12-6-4-3-5-7-12/h4-7H,2,8-11,15H2,1H3. The minimum absolute atomic E-state index is 0.0682. The maximum absolute atomic E-state index is 12.2. The lowest BCUT2D eigenvalue weighted by Crippen LogP contribution is -2.51. The SMILES string of the molecule is CCC1(N)CCN(C(=O)c2cc[c]cc2)CC1. The van der Waals surface area contributed by atoms with Crippen LogP contribution in [0.1, 0.15) is 36.5 Å². The Morgan fingerprint density at radius 1 is 1.41 bits per heavy atom. The second-order valence-corrected chi connectivity index (χ2v) is 4.80. The van der Waals surface area contributed by atoms with E-state index >= 15 is 0 Å². The zero-order chi connectivity index (χ0) is 12.3. The van der Waals surface area contributed by atoms with Crippen LogP contribution < -0.4 is 5.73 Å². The summed E-state index contributed by atoms with van der Waals surface area (Å²) >= 11 is 0. The van der Waals surface area contributed by atoms with Gasteiger partial charge in [0.15, 0.2) is 0 Å². The van der Waals surface area contributed by atoms with E-state index < -0.39 is 0 Å². The van der Waals surface area contributed by atoms with Gasteiger partial charge in [-0.15, -0.1) is 0 Å². The number of likely N-dealkylation sites (tertiary alicyclic amines) is 1. The van der Waals surface area contributed by atoms with E-state index in [2.05, 4.69) is 13.0 Å². The summed E-state index contributed by atoms with van der Waals surface area (Å²) in [6, 6.07) is 10.1. The molecule has 1 fully saturated rings. The minimum Gasteiger partial charge on any atom is -0.339 e. The normalized spacial score (nSPS) is 19.1. The first kappa shape index (κ1) is 12.1. The molecule has 0 atom stereocenters. The summed E-state index contributed by atoms with van der Waals surface area (Å²) in [6.07, 6.45) is 2.78. The maximum Gasteiger partial charge on any atom is 0.253 e. The van der Waals surface area contributed by atoms with Crippen molar-refractivity contribution in [2.45, 2.75) is 31.7 Å². The quantitative estimate of drug-likeness (QED) is 0.844. The number of hydrogen-bond acceptors (Lipinski definition) is 2. The number of carbonyl (C=O) groups is 1. The van der Waals surface area contributed by atoms with Gasteiger partial charge in [0, 0.05) is 24.2 Å². The molecule has 17 heavy (non-hydrogen) atoms. The summed E-state index contributed by atoms with van der Waals surface area (Å²) in [5.41, 5.74) is 6.89. The molecule has 1 saturated heterocycles. The van der Waals surface area contributed by atoms with E-state index in [1.54, 1.807) is 12.1 Å². The molecule has 1 aromatic carbocycles. The third-order valence-electron chi connectivity index (χ3n) is 3.72. The molecule has 1 aromatic rings. The predicted molar refractivity (Wildman–Crippen MR) is 67.6 cm³/mol. The topological polar surface area (TPSA) is 46.3 Å². The fraction of sp³-hybridized carbons (Fsp3) is 0.500. The third-order valence-corrected chi connectivity index (χ3v) is 3.72.